The van der Waals surface area contributed by atoms with Crippen molar-refractivity contribution >= 4 is 16.9 Å². The van der Waals surface area contributed by atoms with E-state index < -0.39 is 17.6 Å². The van der Waals surface area contributed by atoms with E-state index in [0.29, 0.717) is 6.92 Å². The van der Waals surface area contributed by atoms with Crippen molar-refractivity contribution in [1.29, 1.82) is 0 Å². The van der Waals surface area contributed by atoms with Crippen LogP contribution in [0.3, 0.4) is 0 Å². The number of fused-ring (bicyclic) bond motifs is 1. The van der Waals surface area contributed by atoms with Crippen LogP contribution in [0.15, 0.2) is 18.2 Å². The van der Waals surface area contributed by atoms with Crippen molar-refractivity contribution in [3.63, 3.8) is 0 Å². The highest BCUT2D eigenvalue weighted by atomic mass is 19.3. The summed E-state index contributed by atoms with van der Waals surface area (Å²) in [5.74, 6) is -4.40. The number of aromatic amines is 1. The molecular weight excluding hydrogens is 218 g/mol. The van der Waals surface area contributed by atoms with Gasteiger partial charge in [-0.25, -0.2) is 4.79 Å². The van der Waals surface area contributed by atoms with Crippen LogP contribution in [0.5, 0.6) is 0 Å². The zero-order chi connectivity index (χ0) is 11.9. The Labute approximate surface area is 88.9 Å². The Bertz CT molecular complexity index is 557. The maximum Gasteiger partial charge on any atom is 0.336 e. The molecule has 4 nitrogen and oxygen atoms in total. The Morgan fingerprint density at radius 2 is 2.19 bits per heavy atom. The third-order valence-corrected chi connectivity index (χ3v) is 2.25. The maximum absolute atomic E-state index is 13.2. The number of hydrogen-bond acceptors (Lipinski definition) is 2. The lowest BCUT2D eigenvalue weighted by Crippen LogP contribution is -2.09. The van der Waals surface area contributed by atoms with Crippen LogP contribution >= 0.6 is 0 Å². The van der Waals surface area contributed by atoms with Crippen LogP contribution in [-0.4, -0.2) is 21.3 Å². The fourth-order valence-corrected chi connectivity index (χ4v) is 1.56. The smallest absolute Gasteiger partial charge is 0.336 e. The van der Waals surface area contributed by atoms with Gasteiger partial charge in [0.2, 0.25) is 0 Å². The highest BCUT2D eigenvalue weighted by Gasteiger charge is 2.31. The van der Waals surface area contributed by atoms with Crippen LogP contribution in [0.2, 0.25) is 0 Å². The van der Waals surface area contributed by atoms with Gasteiger partial charge in [-0.05, 0) is 12.1 Å². The number of benzene rings is 1. The highest BCUT2D eigenvalue weighted by Crippen LogP contribution is 2.32. The number of carbonyl (C=O) groups is 1. The molecule has 0 radical (unpaired) electrons. The van der Waals surface area contributed by atoms with Crippen molar-refractivity contribution in [1.82, 2.24) is 10.2 Å². The molecule has 1 heterocycles. The minimum Gasteiger partial charge on any atom is -0.478 e. The van der Waals surface area contributed by atoms with Crippen LogP contribution < -0.4 is 0 Å². The van der Waals surface area contributed by atoms with Crippen molar-refractivity contribution < 1.29 is 18.7 Å². The van der Waals surface area contributed by atoms with Gasteiger partial charge < -0.3 is 5.11 Å². The summed E-state index contributed by atoms with van der Waals surface area (Å²) in [4.78, 5) is 10.9. The predicted octanol–water partition coefficient (Wildman–Crippen LogP) is 2.37. The van der Waals surface area contributed by atoms with E-state index in [1.165, 1.54) is 18.2 Å². The molecule has 0 bridgehead atoms. The van der Waals surface area contributed by atoms with E-state index >= 15 is 0 Å². The molecule has 0 atom stereocenters. The first-order chi connectivity index (χ1) is 7.41. The molecule has 0 saturated heterocycles. The molecule has 0 saturated carbocycles. The fourth-order valence-electron chi connectivity index (χ4n) is 1.56. The van der Waals surface area contributed by atoms with E-state index in [1.54, 1.807) is 0 Å². The second-order valence-electron chi connectivity index (χ2n) is 3.49. The first kappa shape index (κ1) is 10.5. The summed E-state index contributed by atoms with van der Waals surface area (Å²) in [5, 5.41) is 14.7. The van der Waals surface area contributed by atoms with Gasteiger partial charge in [0.05, 0.1) is 11.1 Å². The topological polar surface area (TPSA) is 66.0 Å². The Kier molecular flexibility index (Phi) is 2.15. The monoisotopic (exact) mass is 226 g/mol. The Morgan fingerprint density at radius 1 is 1.50 bits per heavy atom. The van der Waals surface area contributed by atoms with Crippen LogP contribution in [0.25, 0.3) is 10.9 Å². The molecule has 2 N–H and O–H groups in total. The summed E-state index contributed by atoms with van der Waals surface area (Å²) in [5.41, 5.74) is -0.431. The second kappa shape index (κ2) is 3.26. The number of nitrogens with one attached hydrogen (secondary N) is 1. The van der Waals surface area contributed by atoms with Crippen molar-refractivity contribution in [2.24, 2.45) is 0 Å². The van der Waals surface area contributed by atoms with Gasteiger partial charge in [-0.1, -0.05) is 6.07 Å². The summed E-state index contributed by atoms with van der Waals surface area (Å²) < 4.78 is 26.4. The highest BCUT2D eigenvalue weighted by molar-refractivity contribution is 6.03. The van der Waals surface area contributed by atoms with E-state index in [0.717, 1.165) is 0 Å². The first-order valence-electron chi connectivity index (χ1n) is 4.50. The van der Waals surface area contributed by atoms with Crippen molar-refractivity contribution in [3.05, 3.63) is 29.5 Å². The number of alkyl halides is 2. The molecule has 0 unspecified atom stereocenters. The number of carboxylic acid groups (broad SMARTS) is 1. The summed E-state index contributed by atoms with van der Waals surface area (Å²) >= 11 is 0. The summed E-state index contributed by atoms with van der Waals surface area (Å²) in [7, 11) is 0. The number of halogens is 2. The Hall–Kier alpha value is -1.98. The van der Waals surface area contributed by atoms with Gasteiger partial charge in [0.15, 0.2) is 0 Å². The number of aromatic carboxylic acids is 1. The second-order valence-corrected chi connectivity index (χ2v) is 3.49. The van der Waals surface area contributed by atoms with E-state index in [9.17, 15) is 13.6 Å². The molecule has 0 aliphatic heterocycles. The fraction of sp³-hybridized carbons (Fsp3) is 0.200. The quantitative estimate of drug-likeness (QED) is 0.826. The van der Waals surface area contributed by atoms with Crippen LogP contribution in [-0.2, 0) is 5.92 Å². The predicted molar refractivity (Wildman–Crippen MR) is 52.6 cm³/mol. The van der Waals surface area contributed by atoms with Gasteiger partial charge in [-0.15, -0.1) is 0 Å². The van der Waals surface area contributed by atoms with Crippen molar-refractivity contribution in [3.8, 4) is 0 Å². The van der Waals surface area contributed by atoms with Crippen LogP contribution in [0, 0.1) is 0 Å². The first-order valence-corrected chi connectivity index (χ1v) is 4.50. The number of hydrogen-bond donors (Lipinski definition) is 2. The van der Waals surface area contributed by atoms with Crippen molar-refractivity contribution in [2.75, 3.05) is 0 Å². The molecular formula is C10H8F2N2O2. The number of carboxylic acids is 1. The molecule has 6 heteroatoms. The summed E-state index contributed by atoms with van der Waals surface area (Å²) in [6.45, 7) is 0.693. The largest absolute Gasteiger partial charge is 0.478 e. The number of nitrogens with zero attached hydrogens (tertiary/aromatic N) is 1. The molecule has 0 aliphatic rings. The molecule has 1 aromatic heterocycles. The average Bonchev–Trinajstić information content (AvgIpc) is 2.59. The molecule has 0 aliphatic carbocycles. The average molecular weight is 226 g/mol. The zero-order valence-corrected chi connectivity index (χ0v) is 8.29. The van der Waals surface area contributed by atoms with Crippen molar-refractivity contribution in [2.45, 2.75) is 12.8 Å². The third-order valence-electron chi connectivity index (χ3n) is 2.25. The van der Waals surface area contributed by atoms with E-state index in [2.05, 4.69) is 10.2 Å². The molecule has 0 fully saturated rings. The van der Waals surface area contributed by atoms with Crippen LogP contribution in [0.1, 0.15) is 23.0 Å². The summed E-state index contributed by atoms with van der Waals surface area (Å²) in [6, 6.07) is 4.22. The molecule has 2 aromatic rings. The lowest BCUT2D eigenvalue weighted by molar-refractivity contribution is 0.0142. The number of rotatable bonds is 2. The molecule has 0 amide bonds. The van der Waals surface area contributed by atoms with Gasteiger partial charge in [-0.3, -0.25) is 5.10 Å². The lowest BCUT2D eigenvalue weighted by atomic mass is 10.1. The zero-order valence-electron chi connectivity index (χ0n) is 8.29. The minimum absolute atomic E-state index is 0.0394. The molecule has 84 valence electrons. The Morgan fingerprint density at radius 3 is 2.75 bits per heavy atom. The third kappa shape index (κ3) is 1.52. The van der Waals surface area contributed by atoms with E-state index in [-0.39, 0.29) is 16.5 Å². The Balaban J connectivity index is 2.83. The van der Waals surface area contributed by atoms with Crippen LogP contribution in [0.4, 0.5) is 8.78 Å². The lowest BCUT2D eigenvalue weighted by Gasteiger charge is -2.08. The SMILES string of the molecule is CC(F)(F)c1[nH]nc2cccc(C(=O)O)c12. The molecule has 1 aromatic carbocycles. The van der Waals surface area contributed by atoms with E-state index in [1.807, 2.05) is 0 Å². The number of aromatic nitrogens is 2. The number of H-pyrrole nitrogens is 1. The van der Waals surface area contributed by atoms with Gasteiger partial charge >= 0.3 is 5.97 Å². The minimum atomic E-state index is -3.15. The van der Waals surface area contributed by atoms with Gasteiger partial charge in [0.1, 0.15) is 5.69 Å². The van der Waals surface area contributed by atoms with Gasteiger partial charge in [0, 0.05) is 12.3 Å². The summed E-state index contributed by atoms with van der Waals surface area (Å²) in [6.07, 6.45) is 0. The standard InChI is InChI=1S/C10H8F2N2O2/c1-10(11,12)8-7-5(9(15)16)3-2-4-6(7)13-14-8/h2-4H,1H3,(H,13,14)(H,15,16). The van der Waals surface area contributed by atoms with E-state index in [4.69, 9.17) is 5.11 Å². The maximum atomic E-state index is 13.2. The normalized spacial score (nSPS) is 11.9. The molecule has 0 spiro atoms. The molecule has 16 heavy (non-hydrogen) atoms. The molecule has 2 rings (SSSR count). The van der Waals surface area contributed by atoms with Gasteiger partial charge in [-0.2, -0.15) is 13.9 Å². The van der Waals surface area contributed by atoms with Gasteiger partial charge in [0.25, 0.3) is 5.92 Å².